The molecule has 6 rings (SSSR count). The number of hydrogen-bond acceptors (Lipinski definition) is 7. The Labute approximate surface area is 213 Å². The molecule has 192 valence electrons. The summed E-state index contributed by atoms with van der Waals surface area (Å²) < 4.78 is 40.0. The van der Waals surface area contributed by atoms with E-state index in [9.17, 15) is 18.0 Å². The quantitative estimate of drug-likeness (QED) is 0.391. The lowest BCUT2D eigenvalue weighted by Gasteiger charge is -2.49. The van der Waals surface area contributed by atoms with Gasteiger partial charge in [0.15, 0.2) is 0 Å². The molecule has 12 heteroatoms. The van der Waals surface area contributed by atoms with Gasteiger partial charge >= 0.3 is 11.9 Å². The van der Waals surface area contributed by atoms with Gasteiger partial charge in [0, 0.05) is 36.0 Å². The van der Waals surface area contributed by atoms with Crippen molar-refractivity contribution in [2.24, 2.45) is 5.41 Å². The number of nitrogens with zero attached hydrogens (tertiary/aromatic N) is 5. The highest BCUT2D eigenvalue weighted by atomic mass is 32.1. The molecule has 0 bridgehead atoms. The maximum atomic E-state index is 12.9. The molecule has 2 fully saturated rings. The molecule has 8 nitrogen and oxygen atoms in total. The summed E-state index contributed by atoms with van der Waals surface area (Å²) in [5, 5.41) is 13.3. The number of aromatic amines is 1. The monoisotopic (exact) mass is 527 g/mol. The Morgan fingerprint density at radius 3 is 2.89 bits per heavy atom. The zero-order valence-electron chi connectivity index (χ0n) is 19.8. The van der Waals surface area contributed by atoms with E-state index < -0.39 is 12.6 Å². The Kier molecular flexibility index (Phi) is 5.72. The Balaban J connectivity index is 1.08. The Hall–Kier alpha value is -3.43. The molecule has 1 aliphatic heterocycles. The summed E-state index contributed by atoms with van der Waals surface area (Å²) >= 11 is 1.08. The Bertz CT molecular complexity index is 1580. The number of nitriles is 1. The van der Waals surface area contributed by atoms with Crippen LogP contribution >= 0.6 is 11.3 Å². The minimum Gasteiger partial charge on any atom is -0.355 e. The smallest absolute Gasteiger partial charge is 0.355 e. The van der Waals surface area contributed by atoms with Gasteiger partial charge in [-0.15, -0.1) is 11.3 Å². The van der Waals surface area contributed by atoms with Crippen LogP contribution in [0.25, 0.3) is 21.3 Å². The van der Waals surface area contributed by atoms with Gasteiger partial charge in [-0.1, -0.05) is 6.07 Å². The van der Waals surface area contributed by atoms with Gasteiger partial charge in [0.2, 0.25) is 0 Å². The van der Waals surface area contributed by atoms with Crippen molar-refractivity contribution < 1.29 is 13.2 Å². The van der Waals surface area contributed by atoms with E-state index in [1.165, 1.54) is 10.9 Å². The van der Waals surface area contributed by atoms with Crippen LogP contribution in [-0.4, -0.2) is 44.8 Å². The highest BCUT2D eigenvalue weighted by molar-refractivity contribution is 7.18. The maximum absolute atomic E-state index is 12.9. The average molecular weight is 528 g/mol. The number of thiophene rings is 1. The van der Waals surface area contributed by atoms with Crippen molar-refractivity contribution >= 4 is 38.4 Å². The molecule has 37 heavy (non-hydrogen) atoms. The van der Waals surface area contributed by atoms with E-state index >= 15 is 0 Å². The average Bonchev–Trinajstić information content (AvgIpc) is 3.50. The molecule has 1 unspecified atom stereocenters. The summed E-state index contributed by atoms with van der Waals surface area (Å²) in [6.07, 6.45) is -0.584. The lowest BCUT2D eigenvalue weighted by Crippen LogP contribution is -2.56. The van der Waals surface area contributed by atoms with E-state index in [2.05, 4.69) is 25.2 Å². The number of H-pyrrole nitrogens is 1. The zero-order valence-corrected chi connectivity index (χ0v) is 20.6. The molecule has 1 atom stereocenters. The molecule has 2 aliphatic rings. The number of imidazole rings is 1. The molecule has 1 aliphatic carbocycles. The van der Waals surface area contributed by atoms with Gasteiger partial charge in [-0.05, 0) is 43.0 Å². The lowest BCUT2D eigenvalue weighted by atomic mass is 9.78. The van der Waals surface area contributed by atoms with Crippen LogP contribution < -0.4 is 15.9 Å². The molecule has 0 amide bonds. The van der Waals surface area contributed by atoms with Crippen LogP contribution in [0.2, 0.25) is 0 Å². The van der Waals surface area contributed by atoms with Gasteiger partial charge in [0.25, 0.3) is 0 Å². The second-order valence-electron chi connectivity index (χ2n) is 10.1. The number of benzene rings is 1. The van der Waals surface area contributed by atoms with E-state index in [1.54, 1.807) is 6.07 Å². The number of rotatable bonds is 6. The number of nitrogens with one attached hydrogen (secondary N) is 2. The van der Waals surface area contributed by atoms with Crippen LogP contribution in [0.15, 0.2) is 35.4 Å². The summed E-state index contributed by atoms with van der Waals surface area (Å²) in [5.41, 5.74) is 2.40. The van der Waals surface area contributed by atoms with Crippen LogP contribution in [0.1, 0.15) is 29.7 Å². The lowest BCUT2D eigenvalue weighted by molar-refractivity contribution is -0.126. The van der Waals surface area contributed by atoms with Gasteiger partial charge < -0.3 is 15.2 Å². The fourth-order valence-electron chi connectivity index (χ4n) is 5.82. The zero-order chi connectivity index (χ0) is 25.8. The summed E-state index contributed by atoms with van der Waals surface area (Å²) in [6.45, 7) is 2.36. The largest absolute Gasteiger partial charge is 0.393 e. The van der Waals surface area contributed by atoms with E-state index in [1.807, 2.05) is 24.3 Å². The minimum absolute atomic E-state index is 0.0132. The third-order valence-electron chi connectivity index (χ3n) is 7.45. The molecular formula is C25H24F3N7OS. The normalized spacial score (nSPS) is 19.1. The van der Waals surface area contributed by atoms with Crippen LogP contribution in [0.5, 0.6) is 0 Å². The van der Waals surface area contributed by atoms with Crippen molar-refractivity contribution in [2.45, 2.75) is 51.0 Å². The number of alkyl halides is 3. The first kappa shape index (κ1) is 23.9. The molecule has 3 aromatic heterocycles. The molecule has 1 spiro atoms. The number of halogens is 3. The van der Waals surface area contributed by atoms with Crippen molar-refractivity contribution in [3.8, 4) is 6.07 Å². The van der Waals surface area contributed by atoms with Crippen LogP contribution in [-0.2, 0) is 19.5 Å². The van der Waals surface area contributed by atoms with Gasteiger partial charge in [-0.25, -0.2) is 14.8 Å². The van der Waals surface area contributed by atoms with Crippen molar-refractivity contribution in [3.63, 3.8) is 0 Å². The molecular weight excluding hydrogens is 503 g/mol. The highest BCUT2D eigenvalue weighted by Crippen LogP contribution is 2.48. The molecule has 1 saturated heterocycles. The second-order valence-corrected chi connectivity index (χ2v) is 11.2. The van der Waals surface area contributed by atoms with Crippen LogP contribution in [0.3, 0.4) is 0 Å². The first-order valence-corrected chi connectivity index (χ1v) is 12.9. The van der Waals surface area contributed by atoms with E-state index in [-0.39, 0.29) is 22.5 Å². The van der Waals surface area contributed by atoms with Gasteiger partial charge in [-0.3, -0.25) is 4.57 Å². The maximum Gasteiger partial charge on any atom is 0.393 e. The number of fused-ring (bicyclic) bond motifs is 2. The standard InChI is InChI=1S/C25H24F3N7OS/c26-25(27,28)10-17-8-18-21(31-14-32-22(18)37-17)34-12-24(13-34)4-3-16(9-24)30-11-15-1-2-20-19(7-15)33-23(36)35(20)6-5-29/h1-2,7-8,14,16,30H,3-4,6,9-13H2,(H,33,36). The van der Waals surface area contributed by atoms with E-state index in [0.717, 1.165) is 66.1 Å². The minimum atomic E-state index is -4.24. The van der Waals surface area contributed by atoms with Crippen LogP contribution in [0.4, 0.5) is 19.0 Å². The third-order valence-corrected chi connectivity index (χ3v) is 8.49. The Morgan fingerprint density at radius 1 is 1.27 bits per heavy atom. The molecule has 4 aromatic rings. The third kappa shape index (κ3) is 4.57. The first-order valence-electron chi connectivity index (χ1n) is 12.1. The predicted octanol–water partition coefficient (Wildman–Crippen LogP) is 4.11. The summed E-state index contributed by atoms with van der Waals surface area (Å²) in [5.74, 6) is 0.724. The number of hydrogen-bond donors (Lipinski definition) is 2. The topological polar surface area (TPSA) is 103 Å². The fraction of sp³-hybridized carbons (Fsp3) is 0.440. The number of anilines is 1. The van der Waals surface area contributed by atoms with Crippen molar-refractivity contribution in [2.75, 3.05) is 18.0 Å². The van der Waals surface area contributed by atoms with Gasteiger partial charge in [0.1, 0.15) is 23.5 Å². The predicted molar refractivity (Wildman–Crippen MR) is 134 cm³/mol. The van der Waals surface area contributed by atoms with Gasteiger partial charge in [-0.2, -0.15) is 18.4 Å². The fourth-order valence-corrected chi connectivity index (χ4v) is 6.84. The van der Waals surface area contributed by atoms with Gasteiger partial charge in [0.05, 0.1) is 28.9 Å². The number of aromatic nitrogens is 4. The SMILES string of the molecule is N#CCn1c(=O)[nH]c2cc(CNC3CCC4(C3)CN(c3ncnc5sc(CC(F)(F)F)cc35)C4)ccc21. The van der Waals surface area contributed by atoms with Crippen molar-refractivity contribution in [1.29, 1.82) is 5.26 Å². The van der Waals surface area contributed by atoms with E-state index in [0.29, 0.717) is 22.8 Å². The van der Waals surface area contributed by atoms with Crippen molar-refractivity contribution in [3.05, 3.63) is 51.5 Å². The van der Waals surface area contributed by atoms with Crippen LogP contribution in [0, 0.1) is 16.7 Å². The summed E-state index contributed by atoms with van der Waals surface area (Å²) in [7, 11) is 0. The van der Waals surface area contributed by atoms with E-state index in [4.69, 9.17) is 5.26 Å². The Morgan fingerprint density at radius 2 is 2.11 bits per heavy atom. The highest BCUT2D eigenvalue weighted by Gasteiger charge is 2.48. The molecule has 2 N–H and O–H groups in total. The summed E-state index contributed by atoms with van der Waals surface area (Å²) in [6, 6.07) is 9.75. The van der Waals surface area contributed by atoms with Crippen molar-refractivity contribution in [1.82, 2.24) is 24.8 Å². The molecule has 4 heterocycles. The molecule has 1 aromatic carbocycles. The second kappa shape index (κ2) is 8.85. The first-order chi connectivity index (χ1) is 17.7. The summed E-state index contributed by atoms with van der Waals surface area (Å²) in [4.78, 5) is 26.5. The molecule has 1 saturated carbocycles. The molecule has 0 radical (unpaired) electrons.